The number of amides is 1. The van der Waals surface area contributed by atoms with Gasteiger partial charge in [-0.3, -0.25) is 9.36 Å². The second-order valence-electron chi connectivity index (χ2n) is 6.62. The summed E-state index contributed by atoms with van der Waals surface area (Å²) in [6.45, 7) is 0.328. The van der Waals surface area contributed by atoms with Gasteiger partial charge in [0.05, 0.1) is 0 Å². The topological polar surface area (TPSA) is 98.7 Å². The van der Waals surface area contributed by atoms with Crippen LogP contribution in [0.2, 0.25) is 0 Å². The summed E-state index contributed by atoms with van der Waals surface area (Å²) in [5.41, 5.74) is 3.47. The Kier molecular flexibility index (Phi) is 9.86. The molecule has 30 heavy (non-hydrogen) atoms. The first-order chi connectivity index (χ1) is 14.3. The van der Waals surface area contributed by atoms with Crippen LogP contribution in [0.3, 0.4) is 0 Å². The number of nitrogens with zero attached hydrogens (tertiary/aromatic N) is 1. The SMILES string of the molecule is CN(C)c1ccc(Nc2ccc(C(=O)NCCPP(=O)(O)SCCC=O)cc2)cc1. The van der Waals surface area contributed by atoms with Crippen molar-refractivity contribution in [2.75, 3.05) is 42.8 Å². The first-order valence-corrected chi connectivity index (χ1v) is 14.7. The number of anilines is 3. The molecular formula is C20H27N3O4P2S. The highest BCUT2D eigenvalue weighted by Gasteiger charge is 2.18. The molecule has 0 saturated heterocycles. The largest absolute Gasteiger partial charge is 0.378 e. The van der Waals surface area contributed by atoms with Crippen LogP contribution in [-0.2, 0) is 9.36 Å². The van der Waals surface area contributed by atoms with Crippen LogP contribution in [0.5, 0.6) is 0 Å². The van der Waals surface area contributed by atoms with Crippen molar-refractivity contribution in [1.29, 1.82) is 0 Å². The molecule has 7 nitrogen and oxygen atoms in total. The van der Waals surface area contributed by atoms with E-state index in [0.717, 1.165) is 34.7 Å². The molecule has 0 aliphatic carbocycles. The molecule has 2 aromatic carbocycles. The molecule has 0 aromatic heterocycles. The molecule has 0 fully saturated rings. The van der Waals surface area contributed by atoms with E-state index < -0.39 is 6.26 Å². The number of aldehydes is 1. The van der Waals surface area contributed by atoms with Crippen LogP contribution >= 0.6 is 25.9 Å². The highest BCUT2D eigenvalue weighted by molar-refractivity contribution is 8.74. The number of hydrogen-bond donors (Lipinski definition) is 3. The molecule has 10 heteroatoms. The molecule has 0 aliphatic rings. The minimum atomic E-state index is -3.28. The van der Waals surface area contributed by atoms with Gasteiger partial charge in [-0.05, 0) is 63.0 Å². The van der Waals surface area contributed by atoms with Crippen LogP contribution in [0.1, 0.15) is 16.8 Å². The zero-order valence-corrected chi connectivity index (χ0v) is 19.7. The lowest BCUT2D eigenvalue weighted by Crippen LogP contribution is -2.25. The van der Waals surface area contributed by atoms with E-state index in [4.69, 9.17) is 0 Å². The number of rotatable bonds is 12. The first kappa shape index (κ1) is 24.4. The van der Waals surface area contributed by atoms with Crippen LogP contribution in [0.15, 0.2) is 48.5 Å². The summed E-state index contributed by atoms with van der Waals surface area (Å²) in [5, 5.41) is 6.06. The Hall–Kier alpha value is -1.85. The van der Waals surface area contributed by atoms with Gasteiger partial charge in [0.15, 0.2) is 0 Å². The molecule has 2 atom stereocenters. The summed E-state index contributed by atoms with van der Waals surface area (Å²) in [5.74, 6) is 0.125. The number of benzene rings is 2. The highest BCUT2D eigenvalue weighted by atomic mass is 32.9. The van der Waals surface area contributed by atoms with E-state index in [0.29, 0.717) is 24.0 Å². The van der Waals surface area contributed by atoms with Crippen molar-refractivity contribution in [3.05, 3.63) is 54.1 Å². The summed E-state index contributed by atoms with van der Waals surface area (Å²) in [7, 11) is 3.82. The zero-order chi connectivity index (χ0) is 22.0. The molecule has 1 amide bonds. The van der Waals surface area contributed by atoms with Gasteiger partial charge in [-0.2, -0.15) is 0 Å². The predicted octanol–water partition coefficient (Wildman–Crippen LogP) is 4.33. The molecular weight excluding hydrogens is 440 g/mol. The fourth-order valence-electron chi connectivity index (χ4n) is 2.46. The van der Waals surface area contributed by atoms with Crippen molar-refractivity contribution in [2.45, 2.75) is 6.42 Å². The Labute approximate surface area is 182 Å². The van der Waals surface area contributed by atoms with Crippen LogP contribution in [0.25, 0.3) is 0 Å². The van der Waals surface area contributed by atoms with Crippen LogP contribution < -0.4 is 15.5 Å². The van der Waals surface area contributed by atoms with Gasteiger partial charge < -0.3 is 25.2 Å². The third kappa shape index (κ3) is 8.49. The predicted molar refractivity (Wildman–Crippen MR) is 129 cm³/mol. The summed E-state index contributed by atoms with van der Waals surface area (Å²) in [6.07, 6.45) is -1.85. The maximum absolute atomic E-state index is 12.2. The average molecular weight is 467 g/mol. The lowest BCUT2D eigenvalue weighted by atomic mass is 10.2. The van der Waals surface area contributed by atoms with Crippen molar-refractivity contribution in [2.24, 2.45) is 0 Å². The first-order valence-electron chi connectivity index (χ1n) is 9.39. The second-order valence-corrected chi connectivity index (χ2v) is 15.1. The summed E-state index contributed by atoms with van der Waals surface area (Å²) < 4.78 is 11.9. The maximum atomic E-state index is 12.2. The summed E-state index contributed by atoms with van der Waals surface area (Å²) in [4.78, 5) is 34.4. The molecule has 0 spiro atoms. The lowest BCUT2D eigenvalue weighted by Gasteiger charge is -2.13. The van der Waals surface area contributed by atoms with Gasteiger partial charge in [0.25, 0.3) is 12.2 Å². The molecule has 0 heterocycles. The average Bonchev–Trinajstić information content (AvgIpc) is 2.72. The molecule has 2 unspecified atom stereocenters. The Balaban J connectivity index is 1.78. The molecule has 0 radical (unpaired) electrons. The molecule has 162 valence electrons. The van der Waals surface area contributed by atoms with E-state index in [9.17, 15) is 19.0 Å². The lowest BCUT2D eigenvalue weighted by molar-refractivity contribution is -0.107. The summed E-state index contributed by atoms with van der Waals surface area (Å²) in [6, 6.07) is 15.2. The Morgan fingerprint density at radius 3 is 2.30 bits per heavy atom. The van der Waals surface area contributed by atoms with Crippen molar-refractivity contribution < 1.29 is 19.0 Å². The molecule has 3 N–H and O–H groups in total. The van der Waals surface area contributed by atoms with Gasteiger partial charge in [0.2, 0.25) is 0 Å². The quantitative estimate of drug-likeness (QED) is 0.243. The van der Waals surface area contributed by atoms with Gasteiger partial charge in [-0.1, -0.05) is 11.4 Å². The van der Waals surface area contributed by atoms with E-state index in [1.54, 1.807) is 12.1 Å². The van der Waals surface area contributed by atoms with Gasteiger partial charge in [-0.15, -0.1) is 0 Å². The molecule has 2 aromatic rings. The molecule has 2 rings (SSSR count). The summed E-state index contributed by atoms with van der Waals surface area (Å²) >= 11 is 0.933. The highest BCUT2D eigenvalue weighted by Crippen LogP contribution is 2.69. The number of carbonyl (C=O) groups excluding carboxylic acids is 2. The third-order valence-corrected chi connectivity index (χ3v) is 11.5. The van der Waals surface area contributed by atoms with Crippen molar-refractivity contribution >= 4 is 55.2 Å². The van der Waals surface area contributed by atoms with Crippen LogP contribution in [0.4, 0.5) is 17.1 Å². The smallest absolute Gasteiger partial charge is 0.271 e. The van der Waals surface area contributed by atoms with Crippen molar-refractivity contribution in [3.8, 4) is 0 Å². The number of carbonyl (C=O) groups is 2. The van der Waals surface area contributed by atoms with Gasteiger partial charge in [-0.25, -0.2) is 0 Å². The van der Waals surface area contributed by atoms with Gasteiger partial charge in [0.1, 0.15) is 6.29 Å². The number of hydrogen-bond acceptors (Lipinski definition) is 6. The fourth-order valence-corrected chi connectivity index (χ4v) is 8.50. The van der Waals surface area contributed by atoms with E-state index in [2.05, 4.69) is 10.6 Å². The minimum absolute atomic E-state index is 0.163. The number of nitrogens with one attached hydrogen (secondary N) is 2. The normalized spacial score (nSPS) is 13.0. The van der Waals surface area contributed by atoms with Gasteiger partial charge in [0, 0.05) is 55.4 Å². The van der Waals surface area contributed by atoms with Crippen LogP contribution in [-0.4, -0.2) is 49.6 Å². The van der Waals surface area contributed by atoms with E-state index in [-0.39, 0.29) is 20.6 Å². The van der Waals surface area contributed by atoms with E-state index in [1.165, 1.54) is 0 Å². The monoisotopic (exact) mass is 467 g/mol. The minimum Gasteiger partial charge on any atom is -0.378 e. The van der Waals surface area contributed by atoms with E-state index >= 15 is 0 Å². The third-order valence-electron chi connectivity index (χ3n) is 4.04. The Bertz CT molecular complexity index is 877. The fraction of sp³-hybridized carbons (Fsp3) is 0.300. The van der Waals surface area contributed by atoms with Crippen molar-refractivity contribution in [1.82, 2.24) is 5.32 Å². The van der Waals surface area contributed by atoms with E-state index in [1.807, 2.05) is 55.4 Å². The standard InChI is InChI=1S/C20H27N3O4P2S/c1-23(2)19-10-8-18(9-11-19)22-17-6-4-16(5-7-17)20(25)21-12-14-28-29(26,27)30-15-3-13-24/h4-11,13,22,28H,3,12,14-15H2,1-2H3,(H,21,25)(H,26,27). The molecule has 0 saturated carbocycles. The van der Waals surface area contributed by atoms with Crippen molar-refractivity contribution in [3.63, 3.8) is 0 Å². The second kappa shape index (κ2) is 12.1. The molecule has 0 bridgehead atoms. The van der Waals surface area contributed by atoms with Crippen LogP contribution in [0, 0.1) is 0 Å². The maximum Gasteiger partial charge on any atom is 0.271 e. The Morgan fingerprint density at radius 1 is 1.13 bits per heavy atom. The zero-order valence-electron chi connectivity index (χ0n) is 17.0. The Morgan fingerprint density at radius 2 is 1.73 bits per heavy atom. The molecule has 0 aliphatic heterocycles. The van der Waals surface area contributed by atoms with Gasteiger partial charge >= 0.3 is 0 Å².